The quantitative estimate of drug-likeness (QED) is 0.593. The Morgan fingerprint density at radius 2 is 1.82 bits per heavy atom. The van der Waals surface area contributed by atoms with Crippen molar-refractivity contribution in [1.82, 2.24) is 10.4 Å². The van der Waals surface area contributed by atoms with Crippen molar-refractivity contribution in [2.45, 2.75) is 0 Å². The van der Waals surface area contributed by atoms with Gasteiger partial charge < -0.3 is 4.42 Å². The molecule has 0 radical (unpaired) electrons. The van der Waals surface area contributed by atoms with E-state index in [0.29, 0.717) is 5.71 Å². The molecule has 2 aromatic heterocycles. The number of aromatic nitrogens is 1. The zero-order valence-electron chi connectivity index (χ0n) is 11.6. The number of hydrogen-bond donors (Lipinski definition) is 1. The summed E-state index contributed by atoms with van der Waals surface area (Å²) in [6, 6.07) is 16.5. The SMILES string of the molecule is O=C(NN=C(c1ccccc1)c1cccnc1)c1ccco1. The minimum atomic E-state index is -0.401. The summed E-state index contributed by atoms with van der Waals surface area (Å²) in [6.45, 7) is 0. The first-order valence-corrected chi connectivity index (χ1v) is 6.72. The van der Waals surface area contributed by atoms with Crippen LogP contribution in [-0.2, 0) is 0 Å². The molecule has 3 rings (SSSR count). The molecule has 0 fully saturated rings. The highest BCUT2D eigenvalue weighted by Gasteiger charge is 2.10. The van der Waals surface area contributed by atoms with Gasteiger partial charge in [-0.05, 0) is 24.3 Å². The highest BCUT2D eigenvalue weighted by Crippen LogP contribution is 2.09. The molecule has 5 heteroatoms. The number of carbonyl (C=O) groups is 1. The van der Waals surface area contributed by atoms with Gasteiger partial charge in [0.25, 0.3) is 0 Å². The molecule has 22 heavy (non-hydrogen) atoms. The molecule has 0 atom stereocenters. The van der Waals surface area contributed by atoms with E-state index in [1.807, 2.05) is 42.5 Å². The number of nitrogens with one attached hydrogen (secondary N) is 1. The maximum Gasteiger partial charge on any atom is 0.307 e. The van der Waals surface area contributed by atoms with Crippen molar-refractivity contribution in [2.24, 2.45) is 5.10 Å². The zero-order valence-corrected chi connectivity index (χ0v) is 11.6. The number of hydrogen-bond acceptors (Lipinski definition) is 4. The Hall–Kier alpha value is -3.21. The predicted octanol–water partition coefficient (Wildman–Crippen LogP) is 2.86. The second kappa shape index (κ2) is 6.49. The van der Waals surface area contributed by atoms with E-state index >= 15 is 0 Å². The average Bonchev–Trinajstić information content (AvgIpc) is 3.11. The van der Waals surface area contributed by atoms with Gasteiger partial charge in [-0.2, -0.15) is 5.10 Å². The van der Waals surface area contributed by atoms with Crippen LogP contribution in [0.25, 0.3) is 0 Å². The van der Waals surface area contributed by atoms with Crippen molar-refractivity contribution in [3.8, 4) is 0 Å². The van der Waals surface area contributed by atoms with Gasteiger partial charge in [0.1, 0.15) is 0 Å². The van der Waals surface area contributed by atoms with E-state index < -0.39 is 5.91 Å². The molecule has 0 saturated carbocycles. The number of amides is 1. The smallest absolute Gasteiger partial charge is 0.307 e. The number of furan rings is 1. The molecule has 0 aliphatic carbocycles. The molecule has 0 aliphatic heterocycles. The standard InChI is InChI=1S/C17H13N3O2/c21-17(15-9-5-11-22-15)20-19-16(13-6-2-1-3-7-13)14-8-4-10-18-12-14/h1-12H,(H,20,21). The molecule has 3 aromatic rings. The fourth-order valence-electron chi connectivity index (χ4n) is 1.96. The largest absolute Gasteiger partial charge is 0.459 e. The first-order valence-electron chi connectivity index (χ1n) is 6.72. The molecular formula is C17H13N3O2. The average molecular weight is 291 g/mol. The van der Waals surface area contributed by atoms with Gasteiger partial charge >= 0.3 is 5.91 Å². The summed E-state index contributed by atoms with van der Waals surface area (Å²) in [7, 11) is 0. The van der Waals surface area contributed by atoms with Gasteiger partial charge in [0.2, 0.25) is 0 Å². The summed E-state index contributed by atoms with van der Waals surface area (Å²) in [5.41, 5.74) is 4.84. The number of nitrogens with zero attached hydrogens (tertiary/aromatic N) is 2. The number of benzene rings is 1. The first kappa shape index (κ1) is 13.8. The number of hydrazone groups is 1. The Morgan fingerprint density at radius 1 is 1.00 bits per heavy atom. The van der Waals surface area contributed by atoms with Gasteiger partial charge in [0.15, 0.2) is 5.76 Å². The fourth-order valence-corrected chi connectivity index (χ4v) is 1.96. The molecule has 5 nitrogen and oxygen atoms in total. The van der Waals surface area contributed by atoms with Crippen molar-refractivity contribution in [3.63, 3.8) is 0 Å². The minimum Gasteiger partial charge on any atom is -0.459 e. The molecular weight excluding hydrogens is 278 g/mol. The molecule has 2 heterocycles. The predicted molar refractivity (Wildman–Crippen MR) is 82.5 cm³/mol. The van der Waals surface area contributed by atoms with Gasteiger partial charge in [0, 0.05) is 23.5 Å². The van der Waals surface area contributed by atoms with E-state index in [2.05, 4.69) is 15.5 Å². The topological polar surface area (TPSA) is 67.5 Å². The molecule has 1 N–H and O–H groups in total. The van der Waals surface area contributed by atoms with Crippen molar-refractivity contribution in [2.75, 3.05) is 0 Å². The van der Waals surface area contributed by atoms with Crippen LogP contribution in [0.5, 0.6) is 0 Å². The van der Waals surface area contributed by atoms with Crippen molar-refractivity contribution >= 4 is 11.6 Å². The van der Waals surface area contributed by atoms with Crippen molar-refractivity contribution in [1.29, 1.82) is 0 Å². The van der Waals surface area contributed by atoms with Gasteiger partial charge in [0.05, 0.1) is 12.0 Å². The van der Waals surface area contributed by atoms with Crippen molar-refractivity contribution in [3.05, 3.63) is 90.1 Å². The molecule has 108 valence electrons. The van der Waals surface area contributed by atoms with Gasteiger partial charge in [-0.25, -0.2) is 5.43 Å². The van der Waals surface area contributed by atoms with Crippen LogP contribution in [-0.4, -0.2) is 16.6 Å². The molecule has 0 aliphatic rings. The lowest BCUT2D eigenvalue weighted by molar-refractivity contribution is 0.0927. The highest BCUT2D eigenvalue weighted by molar-refractivity contribution is 6.13. The normalized spacial score (nSPS) is 11.2. The summed E-state index contributed by atoms with van der Waals surface area (Å²) in [5, 5.41) is 4.24. The Morgan fingerprint density at radius 3 is 2.50 bits per heavy atom. The summed E-state index contributed by atoms with van der Waals surface area (Å²) < 4.78 is 5.05. The van der Waals surface area contributed by atoms with E-state index in [-0.39, 0.29) is 5.76 Å². The molecule has 0 unspecified atom stereocenters. The van der Waals surface area contributed by atoms with Crippen molar-refractivity contribution < 1.29 is 9.21 Å². The van der Waals surface area contributed by atoms with Crippen LogP contribution in [0.15, 0.2) is 82.8 Å². The lowest BCUT2D eigenvalue weighted by Crippen LogP contribution is -2.20. The van der Waals surface area contributed by atoms with Gasteiger partial charge in [-0.1, -0.05) is 30.3 Å². The highest BCUT2D eigenvalue weighted by atomic mass is 16.3. The molecule has 0 spiro atoms. The maximum absolute atomic E-state index is 11.9. The summed E-state index contributed by atoms with van der Waals surface area (Å²) in [4.78, 5) is 16.0. The van der Waals surface area contributed by atoms with E-state index in [4.69, 9.17) is 4.42 Å². The Kier molecular flexibility index (Phi) is 4.06. The second-order valence-electron chi connectivity index (χ2n) is 4.49. The third kappa shape index (κ3) is 3.09. The Balaban J connectivity index is 1.92. The van der Waals surface area contributed by atoms with Gasteiger partial charge in [-0.3, -0.25) is 9.78 Å². The van der Waals surface area contributed by atoms with Crippen LogP contribution in [0.3, 0.4) is 0 Å². The number of carbonyl (C=O) groups excluding carboxylic acids is 1. The van der Waals surface area contributed by atoms with Crippen LogP contribution in [0.2, 0.25) is 0 Å². The lowest BCUT2D eigenvalue weighted by Gasteiger charge is -2.07. The molecule has 0 saturated heterocycles. The molecule has 1 amide bonds. The summed E-state index contributed by atoms with van der Waals surface area (Å²) >= 11 is 0. The minimum absolute atomic E-state index is 0.211. The number of pyridine rings is 1. The number of rotatable bonds is 4. The zero-order chi connectivity index (χ0) is 15.2. The Labute approximate surface area is 127 Å². The van der Waals surface area contributed by atoms with Crippen LogP contribution in [0.4, 0.5) is 0 Å². The van der Waals surface area contributed by atoms with E-state index in [0.717, 1.165) is 11.1 Å². The summed E-state index contributed by atoms with van der Waals surface area (Å²) in [5.74, 6) is -0.190. The molecule has 1 aromatic carbocycles. The van der Waals surface area contributed by atoms with Crippen LogP contribution >= 0.6 is 0 Å². The van der Waals surface area contributed by atoms with Crippen LogP contribution in [0.1, 0.15) is 21.7 Å². The summed E-state index contributed by atoms with van der Waals surface area (Å²) in [6.07, 6.45) is 4.83. The Bertz CT molecular complexity index is 725. The third-order valence-corrected chi connectivity index (χ3v) is 3.00. The van der Waals surface area contributed by atoms with E-state index in [9.17, 15) is 4.79 Å². The van der Waals surface area contributed by atoms with Gasteiger partial charge in [-0.15, -0.1) is 0 Å². The fraction of sp³-hybridized carbons (Fsp3) is 0. The first-order chi connectivity index (χ1) is 10.8. The monoisotopic (exact) mass is 291 g/mol. The van der Waals surface area contributed by atoms with E-state index in [1.54, 1.807) is 24.5 Å². The molecule has 0 bridgehead atoms. The maximum atomic E-state index is 11.9. The van der Waals surface area contributed by atoms with Crippen LogP contribution in [0, 0.1) is 0 Å². The van der Waals surface area contributed by atoms with E-state index in [1.165, 1.54) is 6.26 Å². The lowest BCUT2D eigenvalue weighted by atomic mass is 10.0. The second-order valence-corrected chi connectivity index (χ2v) is 4.49. The van der Waals surface area contributed by atoms with Crippen LogP contribution < -0.4 is 5.43 Å². The third-order valence-electron chi connectivity index (χ3n) is 3.00.